The van der Waals surface area contributed by atoms with Gasteiger partial charge in [-0.05, 0) is 18.4 Å². The van der Waals surface area contributed by atoms with E-state index in [9.17, 15) is 4.79 Å². The Morgan fingerprint density at radius 2 is 1.50 bits per heavy atom. The van der Waals surface area contributed by atoms with Crippen molar-refractivity contribution >= 4 is 21.7 Å². The average Bonchev–Trinajstić information content (AvgIpc) is 2.46. The van der Waals surface area contributed by atoms with E-state index < -0.39 is 0 Å². The number of benzene rings is 2. The van der Waals surface area contributed by atoms with Crippen molar-refractivity contribution in [1.29, 1.82) is 0 Å². The van der Waals surface area contributed by atoms with Crippen molar-refractivity contribution in [2.24, 2.45) is 0 Å². The van der Waals surface area contributed by atoms with Gasteiger partial charge in [-0.25, -0.2) is 0 Å². The molecule has 2 aromatic rings. The quantitative estimate of drug-likeness (QED) is 0.596. The van der Waals surface area contributed by atoms with E-state index in [2.05, 4.69) is 15.9 Å². The molecule has 0 heterocycles. The average molecular weight is 303 g/mol. The van der Waals surface area contributed by atoms with Crippen LogP contribution in [0.5, 0.6) is 0 Å². The number of carbonyl (C=O) groups excluding carboxylic acids is 1. The van der Waals surface area contributed by atoms with Crippen LogP contribution >= 0.6 is 15.9 Å². The largest absolute Gasteiger partial charge is 0.289 e. The summed E-state index contributed by atoms with van der Waals surface area (Å²) >= 11 is 3.42. The van der Waals surface area contributed by atoms with Gasteiger partial charge < -0.3 is 0 Å². The fourth-order valence-corrected chi connectivity index (χ4v) is 2.13. The zero-order valence-corrected chi connectivity index (χ0v) is 11.7. The standard InChI is InChI=1S/C16H15BrO/c17-12-4-5-13-8-10-15(11-9-13)16(18)14-6-2-1-3-7-14/h1-3,6-11H,4-5,12H2. The van der Waals surface area contributed by atoms with Crippen molar-refractivity contribution in [2.45, 2.75) is 12.8 Å². The predicted molar refractivity (Wildman–Crippen MR) is 78.4 cm³/mol. The Morgan fingerprint density at radius 3 is 2.11 bits per heavy atom. The van der Waals surface area contributed by atoms with Crippen LogP contribution in [0.4, 0.5) is 0 Å². The highest BCUT2D eigenvalue weighted by Gasteiger charge is 2.07. The third kappa shape index (κ3) is 3.30. The molecule has 0 aliphatic heterocycles. The molecule has 2 rings (SSSR count). The van der Waals surface area contributed by atoms with Gasteiger partial charge in [-0.15, -0.1) is 0 Å². The molecule has 0 saturated heterocycles. The van der Waals surface area contributed by atoms with Gasteiger partial charge in [-0.1, -0.05) is 70.5 Å². The fraction of sp³-hybridized carbons (Fsp3) is 0.188. The van der Waals surface area contributed by atoms with Gasteiger partial charge in [0, 0.05) is 16.5 Å². The Balaban J connectivity index is 2.12. The number of halogens is 1. The molecule has 0 fully saturated rings. The zero-order valence-electron chi connectivity index (χ0n) is 10.1. The molecular weight excluding hydrogens is 288 g/mol. The van der Waals surface area contributed by atoms with Crippen LogP contribution in [0.1, 0.15) is 27.9 Å². The molecule has 0 aliphatic carbocycles. The summed E-state index contributed by atoms with van der Waals surface area (Å²) in [6, 6.07) is 17.3. The number of carbonyl (C=O) groups is 1. The van der Waals surface area contributed by atoms with E-state index in [-0.39, 0.29) is 5.78 Å². The number of alkyl halides is 1. The first-order chi connectivity index (χ1) is 8.81. The van der Waals surface area contributed by atoms with Gasteiger partial charge in [0.05, 0.1) is 0 Å². The van der Waals surface area contributed by atoms with E-state index >= 15 is 0 Å². The van der Waals surface area contributed by atoms with Gasteiger partial charge in [-0.2, -0.15) is 0 Å². The van der Waals surface area contributed by atoms with Gasteiger partial charge in [-0.3, -0.25) is 4.79 Å². The molecule has 0 bridgehead atoms. The smallest absolute Gasteiger partial charge is 0.193 e. The predicted octanol–water partition coefficient (Wildman–Crippen LogP) is 4.25. The highest BCUT2D eigenvalue weighted by molar-refractivity contribution is 9.09. The minimum Gasteiger partial charge on any atom is -0.289 e. The molecule has 0 radical (unpaired) electrons. The van der Waals surface area contributed by atoms with Gasteiger partial charge in [0.25, 0.3) is 0 Å². The first-order valence-electron chi connectivity index (χ1n) is 6.06. The van der Waals surface area contributed by atoms with Crippen LogP contribution in [0.2, 0.25) is 0 Å². The zero-order chi connectivity index (χ0) is 12.8. The summed E-state index contributed by atoms with van der Waals surface area (Å²) in [7, 11) is 0. The summed E-state index contributed by atoms with van der Waals surface area (Å²) in [4.78, 5) is 12.2. The highest BCUT2D eigenvalue weighted by atomic mass is 79.9. The molecule has 92 valence electrons. The summed E-state index contributed by atoms with van der Waals surface area (Å²) in [6.45, 7) is 0. The van der Waals surface area contributed by atoms with Crippen molar-refractivity contribution < 1.29 is 4.79 Å². The second-order valence-corrected chi connectivity index (χ2v) is 4.98. The number of hydrogen-bond acceptors (Lipinski definition) is 1. The Hall–Kier alpha value is -1.41. The van der Waals surface area contributed by atoms with Crippen molar-refractivity contribution in [3.8, 4) is 0 Å². The van der Waals surface area contributed by atoms with Crippen LogP contribution in [-0.2, 0) is 6.42 Å². The van der Waals surface area contributed by atoms with Gasteiger partial charge in [0.2, 0.25) is 0 Å². The second kappa shape index (κ2) is 6.50. The maximum atomic E-state index is 12.2. The Kier molecular flexibility index (Phi) is 4.71. The maximum Gasteiger partial charge on any atom is 0.193 e. The van der Waals surface area contributed by atoms with Crippen molar-refractivity contribution in [2.75, 3.05) is 5.33 Å². The van der Waals surface area contributed by atoms with E-state index in [0.717, 1.165) is 29.3 Å². The van der Waals surface area contributed by atoms with Crippen LogP contribution in [-0.4, -0.2) is 11.1 Å². The van der Waals surface area contributed by atoms with Crippen LogP contribution in [0.3, 0.4) is 0 Å². The van der Waals surface area contributed by atoms with E-state index in [0.29, 0.717) is 0 Å². The van der Waals surface area contributed by atoms with Crippen LogP contribution in [0, 0.1) is 0 Å². The lowest BCUT2D eigenvalue weighted by Crippen LogP contribution is -2.01. The summed E-state index contributed by atoms with van der Waals surface area (Å²) in [5, 5.41) is 1.01. The van der Waals surface area contributed by atoms with Gasteiger partial charge in [0.15, 0.2) is 5.78 Å². The van der Waals surface area contributed by atoms with Gasteiger partial charge >= 0.3 is 0 Å². The maximum absolute atomic E-state index is 12.2. The molecule has 0 spiro atoms. The number of hydrogen-bond donors (Lipinski definition) is 0. The van der Waals surface area contributed by atoms with E-state index in [1.165, 1.54) is 5.56 Å². The molecule has 0 saturated carbocycles. The Bertz CT molecular complexity index is 502. The molecule has 0 aliphatic rings. The normalized spacial score (nSPS) is 10.3. The summed E-state index contributed by atoms with van der Waals surface area (Å²) in [5.74, 6) is 0.0858. The lowest BCUT2D eigenvalue weighted by atomic mass is 10.0. The molecule has 0 aromatic heterocycles. The molecule has 2 heteroatoms. The fourth-order valence-electron chi connectivity index (χ4n) is 1.85. The third-order valence-electron chi connectivity index (χ3n) is 2.85. The second-order valence-electron chi connectivity index (χ2n) is 4.18. The van der Waals surface area contributed by atoms with E-state index in [1.54, 1.807) is 0 Å². The van der Waals surface area contributed by atoms with Crippen molar-refractivity contribution in [3.05, 3.63) is 71.3 Å². The molecular formula is C16H15BrO. The molecule has 0 atom stereocenters. The summed E-state index contributed by atoms with van der Waals surface area (Å²) < 4.78 is 0. The molecule has 0 amide bonds. The SMILES string of the molecule is O=C(c1ccccc1)c1ccc(CCCBr)cc1. The van der Waals surface area contributed by atoms with E-state index in [4.69, 9.17) is 0 Å². The van der Waals surface area contributed by atoms with Crippen LogP contribution in [0.15, 0.2) is 54.6 Å². The lowest BCUT2D eigenvalue weighted by molar-refractivity contribution is 0.103. The highest BCUT2D eigenvalue weighted by Crippen LogP contribution is 2.12. The first-order valence-corrected chi connectivity index (χ1v) is 7.18. The lowest BCUT2D eigenvalue weighted by Gasteiger charge is -2.03. The number of rotatable bonds is 5. The first kappa shape index (κ1) is 13.0. The summed E-state index contributed by atoms with van der Waals surface area (Å²) in [6.07, 6.45) is 2.16. The third-order valence-corrected chi connectivity index (χ3v) is 3.41. The summed E-state index contributed by atoms with van der Waals surface area (Å²) in [5.41, 5.74) is 2.77. The van der Waals surface area contributed by atoms with E-state index in [1.807, 2.05) is 54.6 Å². The molecule has 2 aromatic carbocycles. The minimum absolute atomic E-state index is 0.0858. The molecule has 18 heavy (non-hydrogen) atoms. The van der Waals surface area contributed by atoms with Crippen molar-refractivity contribution in [1.82, 2.24) is 0 Å². The Morgan fingerprint density at radius 1 is 0.889 bits per heavy atom. The topological polar surface area (TPSA) is 17.1 Å². The van der Waals surface area contributed by atoms with Gasteiger partial charge in [0.1, 0.15) is 0 Å². The molecule has 1 nitrogen and oxygen atoms in total. The monoisotopic (exact) mass is 302 g/mol. The number of ketones is 1. The molecule has 0 N–H and O–H groups in total. The van der Waals surface area contributed by atoms with Crippen LogP contribution in [0.25, 0.3) is 0 Å². The van der Waals surface area contributed by atoms with Crippen molar-refractivity contribution in [3.63, 3.8) is 0 Å². The van der Waals surface area contributed by atoms with Crippen LogP contribution < -0.4 is 0 Å². The number of aryl methyl sites for hydroxylation is 1. The Labute approximate surface area is 116 Å². The minimum atomic E-state index is 0.0858. The molecule has 0 unspecified atom stereocenters.